The van der Waals surface area contributed by atoms with Crippen LogP contribution in [0.25, 0.3) is 5.65 Å². The van der Waals surface area contributed by atoms with Crippen molar-refractivity contribution in [2.75, 3.05) is 26.6 Å². The maximum absolute atomic E-state index is 12.8. The Bertz CT molecular complexity index is 1360. The fourth-order valence-electron chi connectivity index (χ4n) is 3.38. The van der Waals surface area contributed by atoms with Gasteiger partial charge in [-0.05, 0) is 48.5 Å². The molecule has 0 bridgehead atoms. The van der Waals surface area contributed by atoms with Gasteiger partial charge in [0, 0.05) is 23.5 Å². The summed E-state index contributed by atoms with van der Waals surface area (Å²) in [6.07, 6.45) is 1.67. The van der Waals surface area contributed by atoms with Gasteiger partial charge in [-0.1, -0.05) is 6.07 Å². The predicted molar refractivity (Wildman–Crippen MR) is 126 cm³/mol. The van der Waals surface area contributed by atoms with Crippen LogP contribution in [0.5, 0.6) is 23.0 Å². The number of carbonyl (C=O) groups excluding carboxylic acids is 1. The molecule has 0 aliphatic carbocycles. The highest BCUT2D eigenvalue weighted by atomic mass is 16.5. The number of nitrogens with zero attached hydrogens (tertiary/aromatic N) is 2. The Labute approximate surface area is 195 Å². The van der Waals surface area contributed by atoms with Crippen molar-refractivity contribution in [1.82, 2.24) is 9.38 Å². The third kappa shape index (κ3) is 4.78. The zero-order valence-corrected chi connectivity index (χ0v) is 18.9. The van der Waals surface area contributed by atoms with E-state index in [0.717, 1.165) is 0 Å². The number of fused-ring (bicyclic) bond motifs is 1. The molecule has 0 unspecified atom stereocenters. The topological polar surface area (TPSA) is 100 Å². The summed E-state index contributed by atoms with van der Waals surface area (Å²) in [7, 11) is 4.47. The third-order valence-electron chi connectivity index (χ3n) is 5.05. The first-order valence-electron chi connectivity index (χ1n) is 10.3. The molecule has 34 heavy (non-hydrogen) atoms. The number of benzene rings is 2. The third-order valence-corrected chi connectivity index (χ3v) is 5.05. The second-order valence-corrected chi connectivity index (χ2v) is 7.20. The summed E-state index contributed by atoms with van der Waals surface area (Å²) < 4.78 is 23.1. The molecule has 0 aliphatic rings. The molecule has 9 nitrogen and oxygen atoms in total. The second-order valence-electron chi connectivity index (χ2n) is 7.20. The molecule has 0 aliphatic heterocycles. The first-order chi connectivity index (χ1) is 16.5. The Balaban J connectivity index is 1.43. The molecule has 0 atom stereocenters. The minimum absolute atomic E-state index is 0.137. The quantitative estimate of drug-likeness (QED) is 0.428. The van der Waals surface area contributed by atoms with Crippen molar-refractivity contribution in [2.24, 2.45) is 0 Å². The van der Waals surface area contributed by atoms with Gasteiger partial charge in [0.05, 0.1) is 27.0 Å². The Kier molecular flexibility index (Phi) is 6.63. The molecule has 4 rings (SSSR count). The van der Waals surface area contributed by atoms with Crippen LogP contribution in [0.1, 0.15) is 16.1 Å². The number of aromatic nitrogens is 2. The van der Waals surface area contributed by atoms with Crippen molar-refractivity contribution in [3.63, 3.8) is 0 Å². The number of carbonyl (C=O) groups is 1. The fourth-order valence-corrected chi connectivity index (χ4v) is 3.38. The number of methoxy groups -OCH3 is 3. The van der Waals surface area contributed by atoms with Gasteiger partial charge in [0.1, 0.15) is 18.0 Å². The van der Waals surface area contributed by atoms with Gasteiger partial charge in [-0.25, -0.2) is 4.98 Å². The van der Waals surface area contributed by atoms with Crippen LogP contribution in [-0.2, 0) is 6.61 Å². The number of hydrogen-bond acceptors (Lipinski definition) is 7. The van der Waals surface area contributed by atoms with Crippen molar-refractivity contribution < 1.29 is 23.7 Å². The van der Waals surface area contributed by atoms with Crippen LogP contribution in [0.4, 0.5) is 5.69 Å². The van der Waals surface area contributed by atoms with Crippen molar-refractivity contribution in [2.45, 2.75) is 6.61 Å². The monoisotopic (exact) mass is 461 g/mol. The Hall–Kier alpha value is -4.53. The summed E-state index contributed by atoms with van der Waals surface area (Å²) >= 11 is 0. The molecule has 0 radical (unpaired) electrons. The first kappa shape index (κ1) is 22.7. The summed E-state index contributed by atoms with van der Waals surface area (Å²) in [5.41, 5.74) is 1.83. The SMILES string of the molecule is COc1cc(C(=O)Nc2ccc(OCc3cc(=O)n4ccccc4n3)cc2)cc(OC)c1OC. The number of anilines is 1. The molecule has 1 N–H and O–H groups in total. The van der Waals surface area contributed by atoms with E-state index in [9.17, 15) is 9.59 Å². The lowest BCUT2D eigenvalue weighted by Crippen LogP contribution is -2.16. The van der Waals surface area contributed by atoms with E-state index in [2.05, 4.69) is 10.3 Å². The number of nitrogens with one attached hydrogen (secondary N) is 1. The zero-order valence-electron chi connectivity index (χ0n) is 18.9. The fraction of sp³-hybridized carbons (Fsp3) is 0.160. The van der Waals surface area contributed by atoms with E-state index in [1.807, 2.05) is 6.07 Å². The summed E-state index contributed by atoms with van der Waals surface area (Å²) in [6, 6.07) is 16.8. The molecule has 2 aromatic heterocycles. The van der Waals surface area contributed by atoms with Crippen molar-refractivity contribution in [3.05, 3.63) is 88.5 Å². The van der Waals surface area contributed by atoms with Crippen LogP contribution in [0.3, 0.4) is 0 Å². The molecule has 9 heteroatoms. The highest BCUT2D eigenvalue weighted by Gasteiger charge is 2.17. The van der Waals surface area contributed by atoms with Gasteiger partial charge < -0.3 is 24.3 Å². The molecule has 4 aromatic rings. The Morgan fingerprint density at radius 1 is 0.941 bits per heavy atom. The molecule has 2 aromatic carbocycles. The van der Waals surface area contributed by atoms with E-state index in [4.69, 9.17) is 18.9 Å². The summed E-state index contributed by atoms with van der Waals surface area (Å²) in [5.74, 6) is 1.41. The molecule has 174 valence electrons. The van der Waals surface area contributed by atoms with Crippen LogP contribution < -0.4 is 29.8 Å². The first-order valence-corrected chi connectivity index (χ1v) is 10.3. The normalized spacial score (nSPS) is 10.6. The van der Waals surface area contributed by atoms with Gasteiger partial charge in [-0.3, -0.25) is 14.0 Å². The highest BCUT2D eigenvalue weighted by molar-refractivity contribution is 6.05. The van der Waals surface area contributed by atoms with E-state index in [-0.39, 0.29) is 18.1 Å². The number of ether oxygens (including phenoxy) is 4. The lowest BCUT2D eigenvalue weighted by Gasteiger charge is -2.14. The van der Waals surface area contributed by atoms with Crippen molar-refractivity contribution in [3.8, 4) is 23.0 Å². The summed E-state index contributed by atoms with van der Waals surface area (Å²) in [4.78, 5) is 29.4. The molecular formula is C25H23N3O6. The van der Waals surface area contributed by atoms with Crippen molar-refractivity contribution in [1.29, 1.82) is 0 Å². The number of amides is 1. The number of hydrogen-bond donors (Lipinski definition) is 1. The minimum Gasteiger partial charge on any atom is -0.493 e. The average molecular weight is 461 g/mol. The molecular weight excluding hydrogens is 438 g/mol. The van der Waals surface area contributed by atoms with Gasteiger partial charge >= 0.3 is 0 Å². The molecule has 1 amide bonds. The number of pyridine rings is 1. The molecule has 2 heterocycles. The van der Waals surface area contributed by atoms with Gasteiger partial charge in [0.15, 0.2) is 11.5 Å². The van der Waals surface area contributed by atoms with Crippen LogP contribution in [0.15, 0.2) is 71.7 Å². The summed E-state index contributed by atoms with van der Waals surface area (Å²) in [5, 5.41) is 2.82. The molecule has 0 saturated heterocycles. The van der Waals surface area contributed by atoms with Crippen LogP contribution in [0, 0.1) is 0 Å². The molecule has 0 spiro atoms. The second kappa shape index (κ2) is 9.95. The van der Waals surface area contributed by atoms with Gasteiger partial charge in [0.25, 0.3) is 11.5 Å². The minimum atomic E-state index is -0.339. The van der Waals surface area contributed by atoms with Crippen LogP contribution in [0.2, 0.25) is 0 Å². The van der Waals surface area contributed by atoms with Crippen LogP contribution in [-0.4, -0.2) is 36.6 Å². The van der Waals surface area contributed by atoms with E-state index in [1.54, 1.807) is 54.7 Å². The van der Waals surface area contributed by atoms with E-state index >= 15 is 0 Å². The highest BCUT2D eigenvalue weighted by Crippen LogP contribution is 2.38. The number of rotatable bonds is 8. The van der Waals surface area contributed by atoms with Crippen molar-refractivity contribution >= 4 is 17.2 Å². The van der Waals surface area contributed by atoms with Gasteiger partial charge in [-0.15, -0.1) is 0 Å². The largest absolute Gasteiger partial charge is 0.493 e. The standard InChI is InChI=1S/C25H23N3O6/c1-31-20-12-16(13-21(32-2)24(20)33-3)25(30)27-17-7-9-19(10-8-17)34-15-18-14-23(29)28-11-5-4-6-22(28)26-18/h4-14H,15H2,1-3H3,(H,27,30). The van der Waals surface area contributed by atoms with E-state index in [1.165, 1.54) is 31.8 Å². The maximum Gasteiger partial charge on any atom is 0.258 e. The Morgan fingerprint density at radius 2 is 1.65 bits per heavy atom. The zero-order chi connectivity index (χ0) is 24.1. The smallest absolute Gasteiger partial charge is 0.258 e. The van der Waals surface area contributed by atoms with Crippen LogP contribution >= 0.6 is 0 Å². The van der Waals surface area contributed by atoms with Gasteiger partial charge in [0.2, 0.25) is 5.75 Å². The maximum atomic E-state index is 12.8. The lowest BCUT2D eigenvalue weighted by atomic mass is 10.1. The molecule has 0 fully saturated rings. The van der Waals surface area contributed by atoms with E-state index < -0.39 is 0 Å². The lowest BCUT2D eigenvalue weighted by molar-refractivity contribution is 0.102. The van der Waals surface area contributed by atoms with E-state index in [0.29, 0.717) is 45.6 Å². The predicted octanol–water partition coefficient (Wildman–Crippen LogP) is 3.55. The van der Waals surface area contributed by atoms with Gasteiger partial charge in [-0.2, -0.15) is 0 Å². The molecule has 0 saturated carbocycles. The Morgan fingerprint density at radius 3 is 2.29 bits per heavy atom. The summed E-state index contributed by atoms with van der Waals surface area (Å²) in [6.45, 7) is 0.137. The average Bonchev–Trinajstić information content (AvgIpc) is 2.87.